The normalized spacial score (nSPS) is 10.0. The standard InChI is InChI=1S/C12H13N5O4/c1-2-20-9-5-3-4-6-10(9)21-11-8(17(18)19)7-14-12(15-11)16-13/h3-7H,2,13H2,1H3,(H,14,15,16). The highest BCUT2D eigenvalue weighted by molar-refractivity contribution is 5.48. The molecule has 2 aromatic rings. The molecule has 0 unspecified atom stereocenters. The molecule has 21 heavy (non-hydrogen) atoms. The van der Waals surface area contributed by atoms with Gasteiger partial charge in [0.05, 0.1) is 11.5 Å². The number of nitrogens with zero attached hydrogens (tertiary/aromatic N) is 3. The Morgan fingerprint density at radius 2 is 2.10 bits per heavy atom. The average Bonchev–Trinajstić information content (AvgIpc) is 2.49. The molecule has 0 aliphatic heterocycles. The van der Waals surface area contributed by atoms with Crippen LogP contribution in [-0.2, 0) is 0 Å². The first-order valence-corrected chi connectivity index (χ1v) is 6.03. The zero-order valence-corrected chi connectivity index (χ0v) is 11.1. The van der Waals surface area contributed by atoms with Gasteiger partial charge < -0.3 is 9.47 Å². The van der Waals surface area contributed by atoms with Crippen molar-refractivity contribution in [3.63, 3.8) is 0 Å². The Kier molecular flexibility index (Phi) is 4.46. The maximum Gasteiger partial charge on any atom is 0.349 e. The molecular formula is C12H13N5O4. The third-order valence-electron chi connectivity index (χ3n) is 2.42. The summed E-state index contributed by atoms with van der Waals surface area (Å²) in [7, 11) is 0. The summed E-state index contributed by atoms with van der Waals surface area (Å²) in [6.07, 6.45) is 1.01. The number of nitro groups is 1. The van der Waals surface area contributed by atoms with Crippen molar-refractivity contribution in [2.75, 3.05) is 12.0 Å². The molecule has 0 spiro atoms. The van der Waals surface area contributed by atoms with E-state index in [4.69, 9.17) is 15.3 Å². The minimum atomic E-state index is -0.640. The van der Waals surface area contributed by atoms with Crippen molar-refractivity contribution in [2.45, 2.75) is 6.92 Å². The van der Waals surface area contributed by atoms with E-state index in [2.05, 4.69) is 15.4 Å². The smallest absolute Gasteiger partial charge is 0.349 e. The summed E-state index contributed by atoms with van der Waals surface area (Å²) in [5, 5.41) is 11.0. The van der Waals surface area contributed by atoms with Crippen LogP contribution in [0.4, 0.5) is 11.6 Å². The molecule has 0 saturated carbocycles. The van der Waals surface area contributed by atoms with Crippen LogP contribution in [0, 0.1) is 10.1 Å². The van der Waals surface area contributed by atoms with Gasteiger partial charge in [0.25, 0.3) is 0 Å². The van der Waals surface area contributed by atoms with E-state index in [0.717, 1.165) is 6.20 Å². The predicted octanol–water partition coefficient (Wildman–Crippen LogP) is 1.86. The number of anilines is 1. The zero-order chi connectivity index (χ0) is 15.2. The maximum atomic E-state index is 11.0. The summed E-state index contributed by atoms with van der Waals surface area (Å²) < 4.78 is 10.9. The fraction of sp³-hybridized carbons (Fsp3) is 0.167. The molecule has 0 radical (unpaired) electrons. The second-order valence-corrected chi connectivity index (χ2v) is 3.77. The van der Waals surface area contributed by atoms with Crippen molar-refractivity contribution < 1.29 is 14.4 Å². The number of hydrogen-bond donors (Lipinski definition) is 2. The molecule has 0 aliphatic rings. The van der Waals surface area contributed by atoms with Crippen LogP contribution in [0.3, 0.4) is 0 Å². The number of nitrogen functional groups attached to an aromatic ring is 1. The van der Waals surface area contributed by atoms with Crippen molar-refractivity contribution in [1.29, 1.82) is 0 Å². The maximum absolute atomic E-state index is 11.0. The molecule has 9 heteroatoms. The monoisotopic (exact) mass is 291 g/mol. The minimum Gasteiger partial charge on any atom is -0.490 e. The predicted molar refractivity (Wildman–Crippen MR) is 74.2 cm³/mol. The fourth-order valence-electron chi connectivity index (χ4n) is 1.54. The van der Waals surface area contributed by atoms with Gasteiger partial charge >= 0.3 is 11.6 Å². The number of para-hydroxylation sites is 2. The topological polar surface area (TPSA) is 125 Å². The zero-order valence-electron chi connectivity index (χ0n) is 11.1. The van der Waals surface area contributed by atoms with Crippen LogP contribution >= 0.6 is 0 Å². The first-order chi connectivity index (χ1) is 10.2. The third-order valence-corrected chi connectivity index (χ3v) is 2.42. The highest BCUT2D eigenvalue weighted by Crippen LogP contribution is 2.34. The number of nitrogens with two attached hydrogens (primary N) is 1. The first kappa shape index (κ1) is 14.5. The quantitative estimate of drug-likeness (QED) is 0.469. The van der Waals surface area contributed by atoms with E-state index in [0.29, 0.717) is 18.1 Å². The van der Waals surface area contributed by atoms with Gasteiger partial charge in [-0.2, -0.15) is 4.98 Å². The van der Waals surface area contributed by atoms with Gasteiger partial charge in [-0.25, -0.2) is 10.8 Å². The lowest BCUT2D eigenvalue weighted by Crippen LogP contribution is -2.11. The van der Waals surface area contributed by atoms with E-state index in [1.807, 2.05) is 6.92 Å². The number of aromatic nitrogens is 2. The Balaban J connectivity index is 2.40. The van der Waals surface area contributed by atoms with E-state index in [-0.39, 0.29) is 17.5 Å². The Morgan fingerprint density at radius 1 is 1.38 bits per heavy atom. The molecule has 3 N–H and O–H groups in total. The lowest BCUT2D eigenvalue weighted by Gasteiger charge is -2.10. The Bertz CT molecular complexity index is 649. The van der Waals surface area contributed by atoms with E-state index in [1.54, 1.807) is 24.3 Å². The van der Waals surface area contributed by atoms with Crippen LogP contribution in [0.2, 0.25) is 0 Å². The van der Waals surface area contributed by atoms with Crippen LogP contribution in [-0.4, -0.2) is 21.5 Å². The van der Waals surface area contributed by atoms with Gasteiger partial charge in [0.1, 0.15) is 6.20 Å². The Morgan fingerprint density at radius 3 is 2.71 bits per heavy atom. The molecule has 0 aliphatic carbocycles. The van der Waals surface area contributed by atoms with Gasteiger partial charge in [0.15, 0.2) is 11.5 Å². The summed E-state index contributed by atoms with van der Waals surface area (Å²) in [6.45, 7) is 2.25. The highest BCUT2D eigenvalue weighted by Gasteiger charge is 2.20. The van der Waals surface area contributed by atoms with E-state index in [1.165, 1.54) is 0 Å². The molecule has 1 aromatic carbocycles. The molecular weight excluding hydrogens is 278 g/mol. The Hall–Kier alpha value is -2.94. The molecule has 1 aromatic heterocycles. The molecule has 9 nitrogen and oxygen atoms in total. The van der Waals surface area contributed by atoms with Crippen molar-refractivity contribution >= 4 is 11.6 Å². The van der Waals surface area contributed by atoms with Gasteiger partial charge in [-0.05, 0) is 19.1 Å². The first-order valence-electron chi connectivity index (χ1n) is 6.03. The summed E-state index contributed by atoms with van der Waals surface area (Å²) in [5.74, 6) is 5.73. The summed E-state index contributed by atoms with van der Waals surface area (Å²) >= 11 is 0. The largest absolute Gasteiger partial charge is 0.490 e. The molecule has 0 bridgehead atoms. The molecule has 0 fully saturated rings. The van der Waals surface area contributed by atoms with E-state index >= 15 is 0 Å². The SMILES string of the molecule is CCOc1ccccc1Oc1nc(NN)ncc1[N+](=O)[O-]. The van der Waals surface area contributed by atoms with Crippen LogP contribution in [0.15, 0.2) is 30.5 Å². The molecule has 1 heterocycles. The van der Waals surface area contributed by atoms with Gasteiger partial charge in [-0.3, -0.25) is 15.5 Å². The number of nitrogens with one attached hydrogen (secondary N) is 1. The second kappa shape index (κ2) is 6.48. The number of hydrogen-bond acceptors (Lipinski definition) is 8. The van der Waals surface area contributed by atoms with Gasteiger partial charge in [0, 0.05) is 0 Å². The summed E-state index contributed by atoms with van der Waals surface area (Å²) in [5.41, 5.74) is 1.83. The molecule has 110 valence electrons. The molecule has 0 saturated heterocycles. The fourth-order valence-corrected chi connectivity index (χ4v) is 1.54. The lowest BCUT2D eigenvalue weighted by atomic mass is 10.3. The highest BCUT2D eigenvalue weighted by atomic mass is 16.6. The average molecular weight is 291 g/mol. The summed E-state index contributed by atoms with van der Waals surface area (Å²) in [4.78, 5) is 17.9. The number of rotatable bonds is 6. The second-order valence-electron chi connectivity index (χ2n) is 3.77. The minimum absolute atomic E-state index is 0.00416. The van der Waals surface area contributed by atoms with Crippen molar-refractivity contribution in [2.24, 2.45) is 5.84 Å². The van der Waals surface area contributed by atoms with Gasteiger partial charge in [-0.1, -0.05) is 12.1 Å². The number of ether oxygens (including phenoxy) is 2. The lowest BCUT2D eigenvalue weighted by molar-refractivity contribution is -0.386. The van der Waals surface area contributed by atoms with E-state index < -0.39 is 4.92 Å². The third kappa shape index (κ3) is 3.34. The van der Waals surface area contributed by atoms with Gasteiger partial charge in [-0.15, -0.1) is 0 Å². The molecule has 0 atom stereocenters. The number of benzene rings is 1. The van der Waals surface area contributed by atoms with Crippen LogP contribution in [0.25, 0.3) is 0 Å². The Labute approximate surface area is 119 Å². The van der Waals surface area contributed by atoms with Crippen LogP contribution in [0.5, 0.6) is 17.4 Å². The van der Waals surface area contributed by atoms with E-state index in [9.17, 15) is 10.1 Å². The van der Waals surface area contributed by atoms with Crippen molar-refractivity contribution in [3.05, 3.63) is 40.6 Å². The van der Waals surface area contributed by atoms with Crippen LogP contribution < -0.4 is 20.7 Å². The summed E-state index contributed by atoms with van der Waals surface area (Å²) in [6, 6.07) is 6.78. The van der Waals surface area contributed by atoms with Crippen LogP contribution in [0.1, 0.15) is 6.92 Å². The van der Waals surface area contributed by atoms with Crippen molar-refractivity contribution in [3.8, 4) is 17.4 Å². The van der Waals surface area contributed by atoms with Gasteiger partial charge in [0.2, 0.25) is 5.95 Å². The number of hydrazine groups is 1. The molecule has 2 rings (SSSR count). The molecule has 0 amide bonds. The van der Waals surface area contributed by atoms with Crippen molar-refractivity contribution in [1.82, 2.24) is 9.97 Å².